The summed E-state index contributed by atoms with van der Waals surface area (Å²) in [7, 11) is 0. The molecule has 2 rings (SSSR count). The zero-order chi connectivity index (χ0) is 17.0. The van der Waals surface area contributed by atoms with Gasteiger partial charge in [-0.3, -0.25) is 0 Å². The lowest BCUT2D eigenvalue weighted by Crippen LogP contribution is -2.60. The van der Waals surface area contributed by atoms with Crippen LogP contribution in [0.2, 0.25) is 0 Å². The molecule has 1 aromatic carbocycles. The van der Waals surface area contributed by atoms with E-state index in [0.29, 0.717) is 12.3 Å². The molecular formula is C17H22NO3S2+. The molecule has 6 heteroatoms. The van der Waals surface area contributed by atoms with Crippen LogP contribution in [-0.2, 0) is 4.79 Å². The topological polar surface area (TPSA) is 54.4 Å². The fourth-order valence-electron chi connectivity index (χ4n) is 3.11. The minimum absolute atomic E-state index is 0.159. The number of hydrogen-bond donors (Lipinski definition) is 1. The molecule has 2 amide bonds. The maximum Gasteiger partial charge on any atom is 0.521 e. The highest BCUT2D eigenvalue weighted by Crippen LogP contribution is 2.31. The van der Waals surface area contributed by atoms with Gasteiger partial charge in [-0.25, -0.2) is 4.79 Å². The highest BCUT2D eigenvalue weighted by atomic mass is 32.2. The number of hydrogen-bond acceptors (Lipinski definition) is 4. The summed E-state index contributed by atoms with van der Waals surface area (Å²) >= 11 is 6.84. The van der Waals surface area contributed by atoms with Crippen molar-refractivity contribution in [2.24, 2.45) is 5.92 Å². The van der Waals surface area contributed by atoms with Crippen LogP contribution >= 0.6 is 24.0 Å². The van der Waals surface area contributed by atoms with Crippen molar-refractivity contribution < 1.29 is 19.2 Å². The van der Waals surface area contributed by atoms with Gasteiger partial charge in [-0.05, 0) is 19.4 Å². The maximum atomic E-state index is 12.8. The first-order valence-electron chi connectivity index (χ1n) is 7.77. The first-order chi connectivity index (χ1) is 10.9. The smallest absolute Gasteiger partial charge is 0.435 e. The van der Waals surface area contributed by atoms with Crippen molar-refractivity contribution in [1.82, 2.24) is 0 Å². The van der Waals surface area contributed by atoms with Crippen LogP contribution in [0.25, 0.3) is 0 Å². The number of quaternary nitrogens is 1. The van der Waals surface area contributed by atoms with E-state index in [4.69, 9.17) is 12.2 Å². The van der Waals surface area contributed by atoms with E-state index in [-0.39, 0.29) is 17.9 Å². The highest BCUT2D eigenvalue weighted by Gasteiger charge is 2.54. The Labute approximate surface area is 146 Å². The third-order valence-electron chi connectivity index (χ3n) is 4.52. The monoisotopic (exact) mass is 352 g/mol. The van der Waals surface area contributed by atoms with Crippen LogP contribution in [-0.4, -0.2) is 44.1 Å². The Morgan fingerprint density at radius 2 is 2.04 bits per heavy atom. The summed E-state index contributed by atoms with van der Waals surface area (Å²) in [5, 5.41) is 9.63. The molecule has 4 nitrogen and oxygen atoms in total. The number of nitrogens with zero attached hydrogens (tertiary/aromatic N) is 1. The summed E-state index contributed by atoms with van der Waals surface area (Å²) < 4.78 is 0.307. The molecule has 1 saturated heterocycles. The van der Waals surface area contributed by atoms with Crippen LogP contribution < -0.4 is 0 Å². The Balaban J connectivity index is 2.02. The standard InChI is InChI=1S/C17H21NO3S2/c1-12(11-23-16(22)14-8-4-3-5-9-14)15(19)18(17(20)21)10-6-7-13(18)2/h3-5,8-9,12-13H,6-7,10-11H2,1-2H3/p+1/t12?,13?,18-/m0/s1. The van der Waals surface area contributed by atoms with Crippen molar-refractivity contribution in [1.29, 1.82) is 0 Å². The van der Waals surface area contributed by atoms with Crippen molar-refractivity contribution in [3.63, 3.8) is 0 Å². The SMILES string of the molecule is CC(CSC(=S)c1ccccc1)C(=O)[N@+]1(C(=O)O)CCCC1C. The van der Waals surface area contributed by atoms with Gasteiger partial charge in [-0.15, -0.1) is 11.8 Å². The molecule has 1 aliphatic rings. The normalized spacial score (nSPS) is 25.0. The van der Waals surface area contributed by atoms with Crippen molar-refractivity contribution in [2.45, 2.75) is 32.7 Å². The Kier molecular flexibility index (Phi) is 5.95. The van der Waals surface area contributed by atoms with Crippen LogP contribution in [0.1, 0.15) is 32.3 Å². The van der Waals surface area contributed by atoms with Gasteiger partial charge >= 0.3 is 12.0 Å². The molecule has 1 fully saturated rings. The first kappa shape index (κ1) is 18.1. The molecule has 0 radical (unpaired) electrons. The second-order valence-electron chi connectivity index (χ2n) is 6.07. The molecule has 1 aliphatic heterocycles. The molecular weight excluding hydrogens is 330 g/mol. The van der Waals surface area contributed by atoms with Crippen molar-refractivity contribution in [3.05, 3.63) is 35.9 Å². The molecule has 1 heterocycles. The fraction of sp³-hybridized carbons (Fsp3) is 0.471. The predicted octanol–water partition coefficient (Wildman–Crippen LogP) is 3.94. The molecule has 1 N–H and O–H groups in total. The van der Waals surface area contributed by atoms with E-state index in [1.807, 2.05) is 37.3 Å². The molecule has 2 unspecified atom stereocenters. The minimum atomic E-state index is -1.03. The van der Waals surface area contributed by atoms with E-state index in [2.05, 4.69) is 0 Å². The van der Waals surface area contributed by atoms with Gasteiger partial charge in [0.05, 0.1) is 16.7 Å². The van der Waals surface area contributed by atoms with Gasteiger partial charge in [0.25, 0.3) is 0 Å². The van der Waals surface area contributed by atoms with Crippen LogP contribution in [0, 0.1) is 5.92 Å². The maximum absolute atomic E-state index is 12.8. The Hall–Kier alpha value is -1.24. The molecule has 0 aromatic heterocycles. The van der Waals surface area contributed by atoms with Crippen molar-refractivity contribution in [2.75, 3.05) is 12.3 Å². The van der Waals surface area contributed by atoms with Crippen LogP contribution in [0.3, 0.4) is 0 Å². The predicted molar refractivity (Wildman–Crippen MR) is 96.6 cm³/mol. The van der Waals surface area contributed by atoms with E-state index < -0.39 is 10.6 Å². The van der Waals surface area contributed by atoms with Gasteiger partial charge in [0.2, 0.25) is 0 Å². The average Bonchev–Trinajstić information content (AvgIpc) is 2.95. The van der Waals surface area contributed by atoms with E-state index in [1.54, 1.807) is 6.92 Å². The largest absolute Gasteiger partial charge is 0.521 e. The zero-order valence-electron chi connectivity index (χ0n) is 13.4. The van der Waals surface area contributed by atoms with Gasteiger partial charge in [0.1, 0.15) is 6.04 Å². The number of imide groups is 1. The quantitative estimate of drug-likeness (QED) is 0.657. The van der Waals surface area contributed by atoms with Gasteiger partial charge in [-0.1, -0.05) is 42.5 Å². The van der Waals surface area contributed by atoms with Gasteiger partial charge in [-0.2, -0.15) is 9.28 Å². The van der Waals surface area contributed by atoms with Crippen LogP contribution in [0.4, 0.5) is 4.79 Å². The van der Waals surface area contributed by atoms with Crippen molar-refractivity contribution >= 4 is 40.2 Å². The third-order valence-corrected chi connectivity index (χ3v) is 6.27. The Morgan fingerprint density at radius 3 is 2.57 bits per heavy atom. The first-order valence-corrected chi connectivity index (χ1v) is 9.16. The molecule has 124 valence electrons. The number of thioether (sulfide) groups is 1. The molecule has 0 saturated carbocycles. The lowest BCUT2D eigenvalue weighted by molar-refractivity contribution is -0.793. The Bertz CT molecular complexity index is 605. The van der Waals surface area contributed by atoms with E-state index >= 15 is 0 Å². The fourth-order valence-corrected chi connectivity index (χ4v) is 4.29. The second-order valence-corrected chi connectivity index (χ2v) is 7.77. The number of carbonyl (C=O) groups is 2. The van der Waals surface area contributed by atoms with E-state index in [1.165, 1.54) is 11.8 Å². The van der Waals surface area contributed by atoms with E-state index in [9.17, 15) is 14.7 Å². The van der Waals surface area contributed by atoms with Gasteiger partial charge < -0.3 is 5.11 Å². The lowest BCUT2D eigenvalue weighted by Gasteiger charge is -2.31. The molecule has 1 aromatic rings. The zero-order valence-corrected chi connectivity index (χ0v) is 15.0. The second kappa shape index (κ2) is 7.55. The third kappa shape index (κ3) is 3.65. The lowest BCUT2D eigenvalue weighted by atomic mass is 10.1. The molecule has 3 atom stereocenters. The summed E-state index contributed by atoms with van der Waals surface area (Å²) in [6, 6.07) is 9.50. The Morgan fingerprint density at radius 1 is 1.39 bits per heavy atom. The van der Waals surface area contributed by atoms with Gasteiger partial charge in [0, 0.05) is 18.6 Å². The highest BCUT2D eigenvalue weighted by molar-refractivity contribution is 8.23. The number of benzene rings is 1. The molecule has 0 aliphatic carbocycles. The summed E-state index contributed by atoms with van der Waals surface area (Å²) in [6.45, 7) is 4.05. The molecule has 23 heavy (non-hydrogen) atoms. The summed E-state index contributed by atoms with van der Waals surface area (Å²) in [5.41, 5.74) is 0.962. The summed E-state index contributed by atoms with van der Waals surface area (Å²) in [6.07, 6.45) is 0.532. The van der Waals surface area contributed by atoms with Crippen LogP contribution in [0.5, 0.6) is 0 Å². The van der Waals surface area contributed by atoms with Crippen LogP contribution in [0.15, 0.2) is 30.3 Å². The van der Waals surface area contributed by atoms with E-state index in [0.717, 1.165) is 22.6 Å². The number of likely N-dealkylation sites (tertiary alicyclic amines) is 1. The average molecular weight is 353 g/mol. The van der Waals surface area contributed by atoms with Crippen molar-refractivity contribution in [3.8, 4) is 0 Å². The number of rotatable bonds is 4. The molecule has 0 bridgehead atoms. The number of amides is 2. The summed E-state index contributed by atoms with van der Waals surface area (Å²) in [4.78, 5) is 24.6. The number of carboxylic acid groups (broad SMARTS) is 1. The number of carbonyl (C=O) groups excluding carboxylic acids is 1. The molecule has 0 spiro atoms. The minimum Gasteiger partial charge on any atom is -0.435 e. The van der Waals surface area contributed by atoms with Gasteiger partial charge in [0.15, 0.2) is 0 Å². The summed E-state index contributed by atoms with van der Waals surface area (Å²) in [5.74, 6) is -0.0452. The number of thiocarbonyl (C=S) groups is 1.